The molecular weight excluding hydrogens is 240 g/mol. The van der Waals surface area contributed by atoms with Gasteiger partial charge in [0.1, 0.15) is 0 Å². The van der Waals surface area contributed by atoms with Gasteiger partial charge in [0.15, 0.2) is 0 Å². The molecule has 1 heterocycles. The van der Waals surface area contributed by atoms with Crippen molar-refractivity contribution >= 4 is 11.8 Å². The molecule has 0 aromatic heterocycles. The smallest absolute Gasteiger partial charge is 0.0335 e. The van der Waals surface area contributed by atoms with Gasteiger partial charge in [0.05, 0.1) is 0 Å². The molecule has 0 amide bonds. The van der Waals surface area contributed by atoms with Gasteiger partial charge in [-0.1, -0.05) is 40.0 Å². The van der Waals surface area contributed by atoms with Crippen LogP contribution in [-0.4, -0.2) is 40.6 Å². The summed E-state index contributed by atoms with van der Waals surface area (Å²) in [5.41, 5.74) is 6.55. The number of rotatable bonds is 3. The first-order chi connectivity index (χ1) is 8.59. The standard InChI is InChI=1S/C15H30N2S/c1-4-14-6-5-7-15(8-14,11-16)17-9-12(2)18-13(3)10-17/h12-14H,4-11,16H2,1-3H3. The molecule has 4 atom stereocenters. The van der Waals surface area contributed by atoms with Crippen molar-refractivity contribution in [3.8, 4) is 0 Å². The van der Waals surface area contributed by atoms with Crippen LogP contribution in [0.15, 0.2) is 0 Å². The van der Waals surface area contributed by atoms with E-state index in [0.717, 1.165) is 23.0 Å². The molecule has 106 valence electrons. The molecule has 1 aliphatic heterocycles. The van der Waals surface area contributed by atoms with Crippen molar-refractivity contribution in [3.63, 3.8) is 0 Å². The molecule has 0 aromatic rings. The van der Waals surface area contributed by atoms with Gasteiger partial charge in [-0.25, -0.2) is 0 Å². The van der Waals surface area contributed by atoms with E-state index >= 15 is 0 Å². The minimum atomic E-state index is 0.322. The van der Waals surface area contributed by atoms with Crippen LogP contribution in [0.2, 0.25) is 0 Å². The van der Waals surface area contributed by atoms with Gasteiger partial charge >= 0.3 is 0 Å². The molecule has 0 spiro atoms. The lowest BCUT2D eigenvalue weighted by molar-refractivity contribution is 0.0335. The summed E-state index contributed by atoms with van der Waals surface area (Å²) < 4.78 is 0. The molecule has 0 bridgehead atoms. The third-order valence-corrected chi connectivity index (χ3v) is 6.20. The van der Waals surface area contributed by atoms with Gasteiger partial charge in [0.25, 0.3) is 0 Å². The summed E-state index contributed by atoms with van der Waals surface area (Å²) in [7, 11) is 0. The summed E-state index contributed by atoms with van der Waals surface area (Å²) in [6.07, 6.45) is 6.79. The summed E-state index contributed by atoms with van der Waals surface area (Å²) in [6, 6.07) is 0. The number of hydrogen-bond acceptors (Lipinski definition) is 3. The molecule has 1 saturated carbocycles. The van der Waals surface area contributed by atoms with Gasteiger partial charge < -0.3 is 5.73 Å². The first-order valence-corrected chi connectivity index (χ1v) is 8.64. The summed E-state index contributed by atoms with van der Waals surface area (Å²) in [4.78, 5) is 2.75. The van der Waals surface area contributed by atoms with Gasteiger partial charge in [-0.3, -0.25) is 4.90 Å². The molecule has 1 saturated heterocycles. The molecular formula is C15H30N2S. The van der Waals surface area contributed by atoms with Crippen molar-refractivity contribution in [2.75, 3.05) is 19.6 Å². The fourth-order valence-electron chi connectivity index (χ4n) is 3.98. The van der Waals surface area contributed by atoms with Gasteiger partial charge in [-0.2, -0.15) is 11.8 Å². The van der Waals surface area contributed by atoms with Crippen LogP contribution in [0.3, 0.4) is 0 Å². The van der Waals surface area contributed by atoms with E-state index in [2.05, 4.69) is 37.4 Å². The monoisotopic (exact) mass is 270 g/mol. The number of nitrogens with zero attached hydrogens (tertiary/aromatic N) is 1. The second-order valence-electron chi connectivity index (χ2n) is 6.46. The Hall–Kier alpha value is 0.270. The van der Waals surface area contributed by atoms with Crippen molar-refractivity contribution in [2.24, 2.45) is 11.7 Å². The normalized spacial score (nSPS) is 43.0. The van der Waals surface area contributed by atoms with Crippen molar-refractivity contribution in [1.29, 1.82) is 0 Å². The van der Waals surface area contributed by atoms with E-state index in [9.17, 15) is 0 Å². The molecule has 1 aliphatic carbocycles. The zero-order valence-corrected chi connectivity index (χ0v) is 13.1. The third kappa shape index (κ3) is 3.05. The Bertz CT molecular complexity index is 261. The lowest BCUT2D eigenvalue weighted by Gasteiger charge is -2.51. The summed E-state index contributed by atoms with van der Waals surface area (Å²) >= 11 is 2.14. The zero-order valence-electron chi connectivity index (χ0n) is 12.3. The van der Waals surface area contributed by atoms with Gasteiger partial charge in [-0.05, 0) is 18.8 Å². The Morgan fingerprint density at radius 2 is 1.94 bits per heavy atom. The van der Waals surface area contributed by atoms with E-state index < -0.39 is 0 Å². The predicted molar refractivity (Wildman–Crippen MR) is 82.1 cm³/mol. The summed E-state index contributed by atoms with van der Waals surface area (Å²) in [5, 5.41) is 1.53. The topological polar surface area (TPSA) is 29.3 Å². The molecule has 0 radical (unpaired) electrons. The fraction of sp³-hybridized carbons (Fsp3) is 1.00. The average molecular weight is 270 g/mol. The lowest BCUT2D eigenvalue weighted by atomic mass is 9.73. The Labute approximate surface area is 117 Å². The van der Waals surface area contributed by atoms with Crippen molar-refractivity contribution in [3.05, 3.63) is 0 Å². The number of hydrogen-bond donors (Lipinski definition) is 1. The van der Waals surface area contributed by atoms with Crippen molar-refractivity contribution in [2.45, 2.75) is 68.9 Å². The average Bonchev–Trinajstić information content (AvgIpc) is 2.37. The van der Waals surface area contributed by atoms with Gasteiger partial charge in [-0.15, -0.1) is 0 Å². The van der Waals surface area contributed by atoms with Crippen molar-refractivity contribution < 1.29 is 0 Å². The van der Waals surface area contributed by atoms with Crippen LogP contribution in [0.5, 0.6) is 0 Å². The highest BCUT2D eigenvalue weighted by atomic mass is 32.2. The quantitative estimate of drug-likeness (QED) is 0.854. The van der Waals surface area contributed by atoms with E-state index in [1.54, 1.807) is 0 Å². The second kappa shape index (κ2) is 6.15. The van der Waals surface area contributed by atoms with Gasteiger partial charge in [0, 0.05) is 35.7 Å². The largest absolute Gasteiger partial charge is 0.329 e. The van der Waals surface area contributed by atoms with E-state index in [1.165, 1.54) is 45.2 Å². The van der Waals surface area contributed by atoms with Crippen LogP contribution in [-0.2, 0) is 0 Å². The number of thioether (sulfide) groups is 1. The van der Waals surface area contributed by atoms with Crippen LogP contribution >= 0.6 is 11.8 Å². The molecule has 2 fully saturated rings. The SMILES string of the molecule is CCC1CCCC(CN)(N2CC(C)SC(C)C2)C1. The molecule has 3 heteroatoms. The fourth-order valence-corrected chi connectivity index (χ4v) is 5.30. The first-order valence-electron chi connectivity index (χ1n) is 7.70. The molecule has 18 heavy (non-hydrogen) atoms. The van der Waals surface area contributed by atoms with Gasteiger partial charge in [0.2, 0.25) is 0 Å². The molecule has 2 rings (SSSR count). The highest BCUT2D eigenvalue weighted by molar-refractivity contribution is 8.00. The summed E-state index contributed by atoms with van der Waals surface area (Å²) in [5.74, 6) is 0.905. The maximum atomic E-state index is 6.23. The molecule has 0 aromatic carbocycles. The van der Waals surface area contributed by atoms with Crippen LogP contribution < -0.4 is 5.73 Å². The van der Waals surface area contributed by atoms with E-state index in [0.29, 0.717) is 5.54 Å². The van der Waals surface area contributed by atoms with E-state index in [-0.39, 0.29) is 0 Å². The number of nitrogens with two attached hydrogens (primary N) is 1. The predicted octanol–water partition coefficient (Wildman–Crippen LogP) is 3.11. The first kappa shape index (κ1) is 14.7. The lowest BCUT2D eigenvalue weighted by Crippen LogP contribution is -2.60. The molecule has 2 aliphatic rings. The minimum Gasteiger partial charge on any atom is -0.329 e. The van der Waals surface area contributed by atoms with Crippen molar-refractivity contribution in [1.82, 2.24) is 4.90 Å². The molecule has 2 nitrogen and oxygen atoms in total. The summed E-state index contributed by atoms with van der Waals surface area (Å²) in [6.45, 7) is 10.4. The maximum absolute atomic E-state index is 6.23. The third-order valence-electron chi connectivity index (χ3n) is 4.97. The maximum Gasteiger partial charge on any atom is 0.0335 e. The van der Waals surface area contributed by atoms with Crippen LogP contribution in [0, 0.1) is 5.92 Å². The minimum absolute atomic E-state index is 0.322. The highest BCUT2D eigenvalue weighted by Gasteiger charge is 2.42. The molecule has 2 N–H and O–H groups in total. The molecule has 4 unspecified atom stereocenters. The Morgan fingerprint density at radius 1 is 1.28 bits per heavy atom. The van der Waals surface area contributed by atoms with E-state index in [1.807, 2.05) is 0 Å². The Morgan fingerprint density at radius 3 is 2.50 bits per heavy atom. The Kier molecular flexibility index (Phi) is 5.01. The Balaban J connectivity index is 2.10. The van der Waals surface area contributed by atoms with Crippen LogP contribution in [0.1, 0.15) is 52.9 Å². The van der Waals surface area contributed by atoms with Crippen LogP contribution in [0.4, 0.5) is 0 Å². The van der Waals surface area contributed by atoms with Crippen LogP contribution in [0.25, 0.3) is 0 Å². The highest BCUT2D eigenvalue weighted by Crippen LogP contribution is 2.40. The van der Waals surface area contributed by atoms with E-state index in [4.69, 9.17) is 5.73 Å². The zero-order chi connectivity index (χ0) is 13.2. The second-order valence-corrected chi connectivity index (χ2v) is 8.34.